The van der Waals surface area contributed by atoms with E-state index in [4.69, 9.17) is 47.6 Å². The van der Waals surface area contributed by atoms with Gasteiger partial charge in [0.05, 0.1) is 70.0 Å². The second kappa shape index (κ2) is 30.2. The molecular formula is C57H75Cl2N11O13. The van der Waals surface area contributed by atoms with Crippen LogP contribution in [0.3, 0.4) is 0 Å². The number of aromatic nitrogens is 2. The highest BCUT2D eigenvalue weighted by Crippen LogP contribution is 2.47. The number of carbonyl (C=O) groups is 7. The molecule has 4 aliphatic heterocycles. The third kappa shape index (κ3) is 17.7. The maximum Gasteiger partial charge on any atom is 0.317 e. The van der Waals surface area contributed by atoms with Crippen molar-refractivity contribution in [1.82, 2.24) is 49.8 Å². The number of anilines is 1. The van der Waals surface area contributed by atoms with E-state index in [0.717, 1.165) is 13.4 Å². The Kier molecular flexibility index (Phi) is 23.2. The molecule has 0 atom stereocenters. The average molecular weight is 1190 g/mol. The van der Waals surface area contributed by atoms with Crippen molar-refractivity contribution < 1.29 is 63.1 Å². The van der Waals surface area contributed by atoms with E-state index in [1.807, 2.05) is 52.8 Å². The molecule has 450 valence electrons. The number of carboxylic acid groups (broad SMARTS) is 2. The van der Waals surface area contributed by atoms with Crippen LogP contribution in [0.1, 0.15) is 49.2 Å². The molecule has 0 spiro atoms. The van der Waals surface area contributed by atoms with Crippen LogP contribution in [0.2, 0.25) is 10.0 Å². The van der Waals surface area contributed by atoms with Crippen LogP contribution in [0.5, 0.6) is 11.5 Å². The van der Waals surface area contributed by atoms with Crippen LogP contribution in [-0.2, 0) is 40.1 Å². The fourth-order valence-corrected chi connectivity index (χ4v) is 11.2. The van der Waals surface area contributed by atoms with Crippen molar-refractivity contribution in [2.75, 3.05) is 144 Å². The number of benzene rings is 3. The van der Waals surface area contributed by atoms with Crippen LogP contribution in [-0.4, -0.2) is 247 Å². The number of ether oxygens (including phenoxy) is 3. The predicted octanol–water partition coefficient (Wildman–Crippen LogP) is 2.89. The van der Waals surface area contributed by atoms with E-state index in [9.17, 15) is 43.8 Å². The van der Waals surface area contributed by atoms with Gasteiger partial charge in [0.2, 0.25) is 17.7 Å². The zero-order valence-electron chi connectivity index (χ0n) is 47.4. The van der Waals surface area contributed by atoms with Gasteiger partial charge in [-0.15, -0.1) is 0 Å². The lowest BCUT2D eigenvalue weighted by Crippen LogP contribution is -2.55. The molecule has 4 aromatic rings. The molecule has 3 fully saturated rings. The van der Waals surface area contributed by atoms with Crippen LogP contribution in [0.15, 0.2) is 54.6 Å². The standard InChI is InChI=1S/C56H71Cl2N11O12.CH4O/c1-56(2)36-80-24-22-68(56)55(78)53-45-35-81-47-30-46(79-3)43(29-44(47)54(45)69(62-53)42-27-38(57)26-39(58)28-42)37-5-4-6-41(25-37)61-48(71)7-10-59-49(72)31-64-11-8-40(9-12-64)60-50(73)32-65-15-13-63(21-23-70)14-16-66(33-51(74)75)19-20-67(18-17-65)34-52(76)77;1-2/h4-6,23,25-30,40H,7-22,24,31-36H2,1-3H3,(H,59,72)(H,60,73)(H,61,71)(H,74,75)(H,76,77);2H,1H3. The highest BCUT2D eigenvalue weighted by atomic mass is 35.5. The summed E-state index contributed by atoms with van der Waals surface area (Å²) < 4.78 is 19.6. The summed E-state index contributed by atoms with van der Waals surface area (Å²) in [6, 6.07) is 16.0. The number of hydrogen-bond donors (Lipinski definition) is 6. The van der Waals surface area contributed by atoms with Crippen molar-refractivity contribution in [2.24, 2.45) is 0 Å². The number of morpholine rings is 1. The molecule has 0 bridgehead atoms. The van der Waals surface area contributed by atoms with Gasteiger partial charge in [-0.1, -0.05) is 35.3 Å². The van der Waals surface area contributed by atoms with Crippen LogP contribution in [0.25, 0.3) is 28.1 Å². The van der Waals surface area contributed by atoms with Gasteiger partial charge in [0.15, 0.2) is 5.69 Å². The van der Waals surface area contributed by atoms with Gasteiger partial charge in [0.1, 0.15) is 24.4 Å². The van der Waals surface area contributed by atoms with Crippen molar-refractivity contribution in [3.8, 4) is 39.6 Å². The summed E-state index contributed by atoms with van der Waals surface area (Å²) in [7, 11) is 2.56. The van der Waals surface area contributed by atoms with Gasteiger partial charge in [-0.25, -0.2) is 4.68 Å². The SMILES string of the molecule is CO.COc1cc2c(cc1-c1cccc(NC(=O)CCNC(=O)CN3CCC(NC(=O)CN4CCN(CC=O)CCN(CC(=O)O)CCN(CC(=O)O)CC4)CC3)c1)-c1c(c(C(=O)N3CCOCC3(C)C)nn1-c1cc(Cl)cc(Cl)c1)CO2. The minimum atomic E-state index is -1.00. The van der Waals surface area contributed by atoms with Crippen molar-refractivity contribution >= 4 is 70.7 Å². The van der Waals surface area contributed by atoms with Gasteiger partial charge >= 0.3 is 11.9 Å². The maximum atomic E-state index is 14.4. The highest BCUT2D eigenvalue weighted by Gasteiger charge is 2.40. The molecule has 4 amide bonds. The maximum absolute atomic E-state index is 14.4. The van der Waals surface area contributed by atoms with Gasteiger partial charge in [0.25, 0.3) is 5.91 Å². The molecule has 6 N–H and O–H groups in total. The number of rotatable bonds is 19. The third-order valence-electron chi connectivity index (χ3n) is 14.9. The summed E-state index contributed by atoms with van der Waals surface area (Å²) >= 11 is 13.0. The van der Waals surface area contributed by atoms with E-state index < -0.39 is 17.5 Å². The highest BCUT2D eigenvalue weighted by molar-refractivity contribution is 6.34. The number of carbonyl (C=O) groups excluding carboxylic acids is 5. The number of aliphatic hydroxyl groups is 1. The van der Waals surface area contributed by atoms with Crippen LogP contribution in [0, 0.1) is 0 Å². The van der Waals surface area contributed by atoms with E-state index in [1.165, 1.54) is 0 Å². The van der Waals surface area contributed by atoms with Gasteiger partial charge in [0, 0.05) is 137 Å². The summed E-state index contributed by atoms with van der Waals surface area (Å²) in [4.78, 5) is 100. The zero-order chi connectivity index (χ0) is 59.8. The molecule has 0 aliphatic carbocycles. The van der Waals surface area contributed by atoms with E-state index in [0.29, 0.717) is 159 Å². The number of carboxylic acids is 2. The second-order valence-electron chi connectivity index (χ2n) is 21.3. The molecule has 0 unspecified atom stereocenters. The molecule has 4 aliphatic rings. The van der Waals surface area contributed by atoms with E-state index in [2.05, 4.69) is 16.0 Å². The van der Waals surface area contributed by atoms with Crippen LogP contribution in [0.4, 0.5) is 5.69 Å². The average Bonchev–Trinajstić information content (AvgIpc) is 2.16. The van der Waals surface area contributed by atoms with Crippen molar-refractivity contribution in [3.05, 3.63) is 75.9 Å². The first-order valence-corrected chi connectivity index (χ1v) is 28.3. The second-order valence-corrected chi connectivity index (χ2v) is 22.2. The van der Waals surface area contributed by atoms with Crippen molar-refractivity contribution in [1.29, 1.82) is 0 Å². The molecule has 8 rings (SSSR count). The molecule has 26 heteroatoms. The lowest BCUT2D eigenvalue weighted by molar-refractivity contribution is -0.140. The Bertz CT molecular complexity index is 2930. The molecule has 3 aromatic carbocycles. The third-order valence-corrected chi connectivity index (χ3v) is 15.3. The number of fused-ring (bicyclic) bond motifs is 3. The fourth-order valence-electron chi connectivity index (χ4n) is 10.7. The Hall–Kier alpha value is -6.74. The van der Waals surface area contributed by atoms with Gasteiger partial charge < -0.3 is 55.2 Å². The Morgan fingerprint density at radius 1 is 0.747 bits per heavy atom. The molecule has 0 radical (unpaired) electrons. The number of aldehydes is 1. The summed E-state index contributed by atoms with van der Waals surface area (Å²) in [6.07, 6.45) is 2.06. The molecule has 5 heterocycles. The monoisotopic (exact) mass is 1190 g/mol. The Morgan fingerprint density at radius 3 is 1.95 bits per heavy atom. The minimum Gasteiger partial charge on any atom is -0.496 e. The lowest BCUT2D eigenvalue weighted by Gasteiger charge is -2.41. The van der Waals surface area contributed by atoms with Gasteiger partial charge in [-0.2, -0.15) is 5.10 Å². The predicted molar refractivity (Wildman–Crippen MR) is 310 cm³/mol. The fraction of sp³-hybridized carbons (Fsp3) is 0.509. The Labute approximate surface area is 492 Å². The molecule has 83 heavy (non-hydrogen) atoms. The van der Waals surface area contributed by atoms with E-state index in [-0.39, 0.29) is 87.7 Å². The number of amides is 4. The smallest absolute Gasteiger partial charge is 0.317 e. The number of nitrogens with zero attached hydrogens (tertiary/aromatic N) is 8. The Morgan fingerprint density at radius 2 is 1.35 bits per heavy atom. The van der Waals surface area contributed by atoms with Crippen LogP contribution >= 0.6 is 23.2 Å². The lowest BCUT2D eigenvalue weighted by atomic mass is 9.95. The number of likely N-dealkylation sites (tertiary alicyclic amines) is 1. The first-order chi connectivity index (χ1) is 39.9. The number of aliphatic hydroxyl groups excluding tert-OH is 1. The Balaban J connectivity index is 0.00000490. The first-order valence-electron chi connectivity index (χ1n) is 27.6. The largest absolute Gasteiger partial charge is 0.496 e. The summed E-state index contributed by atoms with van der Waals surface area (Å²) in [5.74, 6) is -1.96. The van der Waals surface area contributed by atoms with Crippen LogP contribution < -0.4 is 25.4 Å². The quantitative estimate of drug-likeness (QED) is 0.0737. The van der Waals surface area contributed by atoms with Crippen molar-refractivity contribution in [2.45, 2.75) is 51.3 Å². The molecule has 24 nitrogen and oxygen atoms in total. The number of hydrogen-bond acceptors (Lipinski definition) is 17. The number of halogens is 2. The molecule has 3 saturated heterocycles. The summed E-state index contributed by atoms with van der Waals surface area (Å²) in [5.41, 5.74) is 3.96. The normalized spacial score (nSPS) is 17.7. The van der Waals surface area contributed by atoms with Gasteiger partial charge in [-0.3, -0.25) is 53.3 Å². The topological polar surface area (TPSA) is 281 Å². The van der Waals surface area contributed by atoms with Crippen molar-refractivity contribution in [3.63, 3.8) is 0 Å². The number of nitrogens with one attached hydrogen (secondary N) is 3. The number of piperidine rings is 1. The minimum absolute atomic E-state index is 0.0156. The molecular weight excluding hydrogens is 1120 g/mol. The number of aliphatic carboxylic acids is 2. The van der Waals surface area contributed by atoms with Gasteiger partial charge in [-0.05, 0) is 68.7 Å². The number of methoxy groups -OCH3 is 1. The molecule has 0 saturated carbocycles. The summed E-state index contributed by atoms with van der Waals surface area (Å²) in [6.45, 7) is 9.42. The van der Waals surface area contributed by atoms with E-state index in [1.54, 1.807) is 56.8 Å². The zero-order valence-corrected chi connectivity index (χ0v) is 48.9. The summed E-state index contributed by atoms with van der Waals surface area (Å²) in [5, 5.41) is 40.6. The molecule has 1 aromatic heterocycles. The first kappa shape index (κ1) is 63.8. The van der Waals surface area contributed by atoms with E-state index >= 15 is 0 Å².